The van der Waals surface area contributed by atoms with E-state index in [0.717, 1.165) is 0 Å². The van der Waals surface area contributed by atoms with Gasteiger partial charge in [0.05, 0.1) is 0 Å². The Morgan fingerprint density at radius 3 is 2.50 bits per heavy atom. The molecular formula is C13H12O3. The predicted octanol–water partition coefficient (Wildman–Crippen LogP) is 2.76. The second-order valence-electron chi connectivity index (χ2n) is 3.64. The first kappa shape index (κ1) is 10.5. The van der Waals surface area contributed by atoms with E-state index < -0.39 is 0 Å². The Morgan fingerprint density at radius 1 is 1.19 bits per heavy atom. The third kappa shape index (κ3) is 1.84. The molecule has 0 heterocycles. The number of Topliss-reactive ketones (excluding diaryl/α,β-unsaturated/α-hetero) is 1. The summed E-state index contributed by atoms with van der Waals surface area (Å²) in [6.07, 6.45) is 2.41. The van der Waals surface area contributed by atoms with Crippen LogP contribution in [0, 0.1) is 0 Å². The van der Waals surface area contributed by atoms with Crippen molar-refractivity contribution in [3.63, 3.8) is 0 Å². The van der Waals surface area contributed by atoms with E-state index in [1.807, 2.05) is 6.07 Å². The maximum absolute atomic E-state index is 11.6. The molecule has 2 N–H and O–H groups in total. The number of carbonyl (C=O) groups is 1. The molecule has 3 heteroatoms. The molecule has 0 fully saturated rings. The number of hydrogen-bond acceptors (Lipinski definition) is 3. The molecule has 0 radical (unpaired) electrons. The van der Waals surface area contributed by atoms with E-state index in [4.69, 9.17) is 0 Å². The highest BCUT2D eigenvalue weighted by molar-refractivity contribution is 6.05. The van der Waals surface area contributed by atoms with Gasteiger partial charge in [0.25, 0.3) is 0 Å². The van der Waals surface area contributed by atoms with Crippen LogP contribution in [-0.2, 0) is 4.79 Å². The number of hydrogen-bond donors (Lipinski definition) is 2. The number of allylic oxidation sites excluding steroid dienone is 2. The fourth-order valence-electron chi connectivity index (χ4n) is 1.70. The van der Waals surface area contributed by atoms with E-state index in [9.17, 15) is 15.0 Å². The zero-order valence-electron chi connectivity index (χ0n) is 8.68. The van der Waals surface area contributed by atoms with Gasteiger partial charge in [-0.15, -0.1) is 0 Å². The quantitative estimate of drug-likeness (QED) is 0.560. The van der Waals surface area contributed by atoms with Gasteiger partial charge in [-0.05, 0) is 12.5 Å². The number of aliphatic hydroxyl groups excluding tert-OH is 2. The number of benzene rings is 1. The van der Waals surface area contributed by atoms with Crippen molar-refractivity contribution in [2.45, 2.75) is 12.8 Å². The zero-order chi connectivity index (χ0) is 11.5. The molecule has 1 aromatic rings. The molecule has 0 saturated heterocycles. The molecule has 0 bridgehead atoms. The van der Waals surface area contributed by atoms with Crippen molar-refractivity contribution in [1.29, 1.82) is 0 Å². The first-order valence-corrected chi connectivity index (χ1v) is 5.11. The van der Waals surface area contributed by atoms with Crippen molar-refractivity contribution in [3.8, 4) is 0 Å². The molecular weight excluding hydrogens is 204 g/mol. The van der Waals surface area contributed by atoms with Crippen LogP contribution >= 0.6 is 0 Å². The molecule has 82 valence electrons. The minimum atomic E-state index is -0.221. The molecule has 0 aromatic heterocycles. The Kier molecular flexibility index (Phi) is 2.77. The normalized spacial score (nSPS) is 19.2. The van der Waals surface area contributed by atoms with Crippen molar-refractivity contribution in [2.75, 3.05) is 0 Å². The van der Waals surface area contributed by atoms with Gasteiger partial charge in [-0.2, -0.15) is 0 Å². The topological polar surface area (TPSA) is 57.5 Å². The Hall–Kier alpha value is -2.03. The van der Waals surface area contributed by atoms with Gasteiger partial charge in [-0.1, -0.05) is 30.3 Å². The van der Waals surface area contributed by atoms with E-state index in [2.05, 4.69) is 0 Å². The van der Waals surface area contributed by atoms with Crippen LogP contribution in [-0.4, -0.2) is 16.0 Å². The lowest BCUT2D eigenvalue weighted by atomic mass is 9.95. The Balaban J connectivity index is 2.52. The molecule has 0 saturated carbocycles. The summed E-state index contributed by atoms with van der Waals surface area (Å²) in [6, 6.07) is 8.73. The fraction of sp³-hybridized carbons (Fsp3) is 0.154. The summed E-state index contributed by atoms with van der Waals surface area (Å²) in [5.41, 5.74) is 0.560. The van der Waals surface area contributed by atoms with E-state index in [-0.39, 0.29) is 22.9 Å². The average molecular weight is 216 g/mol. The lowest BCUT2D eigenvalue weighted by Gasteiger charge is -2.13. The Morgan fingerprint density at radius 2 is 1.88 bits per heavy atom. The molecule has 0 atom stereocenters. The monoisotopic (exact) mass is 216 g/mol. The molecule has 2 rings (SSSR count). The third-order valence-electron chi connectivity index (χ3n) is 2.53. The molecule has 0 spiro atoms. The van der Waals surface area contributed by atoms with Crippen molar-refractivity contribution >= 4 is 11.5 Å². The minimum absolute atomic E-state index is 0.0254. The van der Waals surface area contributed by atoms with Crippen molar-refractivity contribution < 1.29 is 15.0 Å². The number of aliphatic hydroxyl groups is 2. The summed E-state index contributed by atoms with van der Waals surface area (Å²) >= 11 is 0. The largest absolute Gasteiger partial charge is 0.507 e. The molecule has 0 amide bonds. The minimum Gasteiger partial charge on any atom is -0.507 e. The first-order valence-electron chi connectivity index (χ1n) is 5.11. The molecule has 0 aliphatic heterocycles. The summed E-state index contributed by atoms with van der Waals surface area (Å²) in [4.78, 5) is 11.6. The van der Waals surface area contributed by atoms with Crippen LogP contribution in [0.5, 0.6) is 0 Å². The van der Waals surface area contributed by atoms with E-state index in [0.29, 0.717) is 18.4 Å². The highest BCUT2D eigenvalue weighted by Gasteiger charge is 2.22. The maximum atomic E-state index is 11.6. The molecule has 1 aromatic carbocycles. The van der Waals surface area contributed by atoms with Crippen molar-refractivity contribution in [2.24, 2.45) is 0 Å². The van der Waals surface area contributed by atoms with E-state index >= 15 is 0 Å². The fourth-order valence-corrected chi connectivity index (χ4v) is 1.70. The van der Waals surface area contributed by atoms with Crippen LogP contribution in [0.4, 0.5) is 0 Å². The van der Waals surface area contributed by atoms with Crippen LogP contribution in [0.1, 0.15) is 18.4 Å². The molecule has 1 aliphatic rings. The zero-order valence-corrected chi connectivity index (χ0v) is 8.68. The summed E-state index contributed by atoms with van der Waals surface area (Å²) in [6.45, 7) is 0. The highest BCUT2D eigenvalue weighted by atomic mass is 16.3. The van der Waals surface area contributed by atoms with Crippen molar-refractivity contribution in [1.82, 2.24) is 0 Å². The first-order chi connectivity index (χ1) is 7.70. The van der Waals surface area contributed by atoms with Gasteiger partial charge in [0.2, 0.25) is 0 Å². The maximum Gasteiger partial charge on any atom is 0.170 e. The van der Waals surface area contributed by atoms with Gasteiger partial charge in [0.15, 0.2) is 5.78 Å². The van der Waals surface area contributed by atoms with Gasteiger partial charge >= 0.3 is 0 Å². The van der Waals surface area contributed by atoms with Gasteiger partial charge in [0.1, 0.15) is 17.1 Å². The summed E-state index contributed by atoms with van der Waals surface area (Å²) in [5, 5.41) is 19.5. The van der Waals surface area contributed by atoms with Gasteiger partial charge in [-0.3, -0.25) is 4.79 Å². The molecule has 1 aliphatic carbocycles. The lowest BCUT2D eigenvalue weighted by Crippen LogP contribution is -2.12. The number of ketones is 1. The smallest absolute Gasteiger partial charge is 0.170 e. The summed E-state index contributed by atoms with van der Waals surface area (Å²) in [7, 11) is 0. The van der Waals surface area contributed by atoms with E-state index in [1.165, 1.54) is 0 Å². The van der Waals surface area contributed by atoms with E-state index in [1.54, 1.807) is 30.3 Å². The van der Waals surface area contributed by atoms with Crippen molar-refractivity contribution in [3.05, 3.63) is 53.3 Å². The highest BCUT2D eigenvalue weighted by Crippen LogP contribution is 2.26. The van der Waals surface area contributed by atoms with Gasteiger partial charge in [-0.25, -0.2) is 0 Å². The number of carbonyl (C=O) groups excluding carboxylic acids is 1. The second-order valence-corrected chi connectivity index (χ2v) is 3.64. The van der Waals surface area contributed by atoms with Crippen LogP contribution in [0.2, 0.25) is 0 Å². The third-order valence-corrected chi connectivity index (χ3v) is 2.53. The molecule has 0 unspecified atom stereocenters. The average Bonchev–Trinajstić information content (AvgIpc) is 2.30. The SMILES string of the molecule is O=C1CCC=C(O)C1=C(O)c1ccccc1. The van der Waals surface area contributed by atoms with Crippen LogP contribution in [0.3, 0.4) is 0 Å². The van der Waals surface area contributed by atoms with Gasteiger partial charge < -0.3 is 10.2 Å². The Labute approximate surface area is 93.4 Å². The standard InChI is InChI=1S/C13H12O3/c14-10-7-4-8-11(15)12(10)13(16)9-5-2-1-3-6-9/h1-3,5-7,14,16H,4,8H2. The lowest BCUT2D eigenvalue weighted by molar-refractivity contribution is -0.115. The van der Waals surface area contributed by atoms with Crippen LogP contribution < -0.4 is 0 Å². The van der Waals surface area contributed by atoms with Crippen LogP contribution in [0.15, 0.2) is 47.7 Å². The predicted molar refractivity (Wildman–Crippen MR) is 60.9 cm³/mol. The van der Waals surface area contributed by atoms with Crippen LogP contribution in [0.25, 0.3) is 5.76 Å². The molecule has 16 heavy (non-hydrogen) atoms. The molecule has 3 nitrogen and oxygen atoms in total. The second kappa shape index (κ2) is 4.23. The summed E-state index contributed by atoms with van der Waals surface area (Å²) < 4.78 is 0. The van der Waals surface area contributed by atoms with Gasteiger partial charge in [0, 0.05) is 12.0 Å². The summed E-state index contributed by atoms with van der Waals surface area (Å²) in [5.74, 6) is -0.502. The Bertz CT molecular complexity index is 469. The number of rotatable bonds is 1.